The van der Waals surface area contributed by atoms with Crippen molar-refractivity contribution < 1.29 is 9.47 Å². The third kappa shape index (κ3) is 4.34. The van der Waals surface area contributed by atoms with Gasteiger partial charge in [0.05, 0.1) is 18.8 Å². The van der Waals surface area contributed by atoms with Gasteiger partial charge in [-0.2, -0.15) is 11.8 Å². The predicted molar refractivity (Wildman–Crippen MR) is 57.4 cm³/mol. The molecule has 1 heterocycles. The molecule has 2 unspecified atom stereocenters. The lowest BCUT2D eigenvalue weighted by Crippen LogP contribution is -2.15. The van der Waals surface area contributed by atoms with Gasteiger partial charge in [0.25, 0.3) is 0 Å². The van der Waals surface area contributed by atoms with Gasteiger partial charge in [-0.1, -0.05) is 0 Å². The summed E-state index contributed by atoms with van der Waals surface area (Å²) in [6, 6.07) is 0. The minimum Gasteiger partial charge on any atom is -0.378 e. The third-order valence-corrected chi connectivity index (χ3v) is 3.62. The van der Waals surface area contributed by atoms with Gasteiger partial charge in [-0.05, 0) is 27.2 Å². The van der Waals surface area contributed by atoms with Crippen molar-refractivity contribution in [2.45, 2.75) is 44.6 Å². The van der Waals surface area contributed by atoms with E-state index in [9.17, 15) is 0 Å². The summed E-state index contributed by atoms with van der Waals surface area (Å²) in [4.78, 5) is 0. The fourth-order valence-corrected chi connectivity index (χ4v) is 2.52. The Balaban J connectivity index is 1.99. The van der Waals surface area contributed by atoms with E-state index in [1.165, 1.54) is 6.42 Å². The summed E-state index contributed by atoms with van der Waals surface area (Å²) in [5.41, 5.74) is 0. The van der Waals surface area contributed by atoms with Gasteiger partial charge >= 0.3 is 0 Å². The van der Waals surface area contributed by atoms with Gasteiger partial charge in [0.15, 0.2) is 0 Å². The Morgan fingerprint density at radius 1 is 1.54 bits per heavy atom. The van der Waals surface area contributed by atoms with E-state index in [4.69, 9.17) is 9.47 Å². The van der Waals surface area contributed by atoms with Crippen molar-refractivity contribution in [2.24, 2.45) is 0 Å². The second kappa shape index (κ2) is 5.89. The molecule has 0 aromatic carbocycles. The van der Waals surface area contributed by atoms with E-state index in [0.717, 1.165) is 19.0 Å². The molecule has 0 N–H and O–H groups in total. The minimum atomic E-state index is 0.359. The number of hydrogen-bond donors (Lipinski definition) is 0. The minimum absolute atomic E-state index is 0.359. The number of hydrogen-bond acceptors (Lipinski definition) is 3. The number of thioether (sulfide) groups is 1. The molecule has 1 aliphatic heterocycles. The molecule has 0 aromatic heterocycles. The van der Waals surface area contributed by atoms with Gasteiger partial charge in [0.2, 0.25) is 0 Å². The van der Waals surface area contributed by atoms with Crippen LogP contribution in [0.2, 0.25) is 0 Å². The molecule has 0 bridgehead atoms. The molecule has 0 aliphatic carbocycles. The van der Waals surface area contributed by atoms with Crippen LogP contribution in [0.3, 0.4) is 0 Å². The number of ether oxygens (including phenoxy) is 2. The summed E-state index contributed by atoms with van der Waals surface area (Å²) >= 11 is 1.98. The van der Waals surface area contributed by atoms with Crippen LogP contribution < -0.4 is 0 Å². The quantitative estimate of drug-likeness (QED) is 0.640. The maximum atomic E-state index is 5.48. The maximum absolute atomic E-state index is 5.48. The van der Waals surface area contributed by atoms with Gasteiger partial charge in [-0.25, -0.2) is 0 Å². The zero-order chi connectivity index (χ0) is 9.68. The topological polar surface area (TPSA) is 18.5 Å². The second-order valence-corrected chi connectivity index (χ2v) is 5.04. The summed E-state index contributed by atoms with van der Waals surface area (Å²) in [7, 11) is 0. The zero-order valence-corrected chi connectivity index (χ0v) is 9.60. The van der Waals surface area contributed by atoms with Crippen LogP contribution in [0.5, 0.6) is 0 Å². The third-order valence-electron chi connectivity index (χ3n) is 2.17. The first-order chi connectivity index (χ1) is 6.20. The standard InChI is InChI=1S/C10H20O2S/c1-8(2)11-6-7-13-10-4-5-12-9(10)3/h8-10H,4-7H2,1-3H3. The Morgan fingerprint density at radius 3 is 2.85 bits per heavy atom. The van der Waals surface area contributed by atoms with Crippen molar-refractivity contribution >= 4 is 11.8 Å². The van der Waals surface area contributed by atoms with Crippen molar-refractivity contribution in [3.8, 4) is 0 Å². The molecule has 2 nitrogen and oxygen atoms in total. The van der Waals surface area contributed by atoms with Crippen LogP contribution in [0.1, 0.15) is 27.2 Å². The van der Waals surface area contributed by atoms with E-state index >= 15 is 0 Å². The zero-order valence-electron chi connectivity index (χ0n) is 8.79. The van der Waals surface area contributed by atoms with Gasteiger partial charge < -0.3 is 9.47 Å². The molecule has 0 radical (unpaired) electrons. The molecule has 13 heavy (non-hydrogen) atoms. The van der Waals surface area contributed by atoms with Crippen LogP contribution in [0.25, 0.3) is 0 Å². The monoisotopic (exact) mass is 204 g/mol. The highest BCUT2D eigenvalue weighted by atomic mass is 32.2. The van der Waals surface area contributed by atoms with Crippen LogP contribution in [-0.2, 0) is 9.47 Å². The Morgan fingerprint density at radius 2 is 2.31 bits per heavy atom. The molecule has 78 valence electrons. The van der Waals surface area contributed by atoms with E-state index in [2.05, 4.69) is 20.8 Å². The summed E-state index contributed by atoms with van der Waals surface area (Å²) in [6.07, 6.45) is 2.00. The number of rotatable bonds is 5. The smallest absolute Gasteiger partial charge is 0.0666 e. The molecule has 1 rings (SSSR count). The van der Waals surface area contributed by atoms with E-state index < -0.39 is 0 Å². The molecular weight excluding hydrogens is 184 g/mol. The second-order valence-electron chi connectivity index (χ2n) is 3.69. The van der Waals surface area contributed by atoms with Gasteiger partial charge in [0, 0.05) is 17.6 Å². The largest absolute Gasteiger partial charge is 0.378 e. The molecule has 0 saturated carbocycles. The SMILES string of the molecule is CC(C)OCCSC1CCOC1C. The highest BCUT2D eigenvalue weighted by Crippen LogP contribution is 2.25. The van der Waals surface area contributed by atoms with Gasteiger partial charge in [-0.3, -0.25) is 0 Å². The fourth-order valence-electron chi connectivity index (χ4n) is 1.41. The average molecular weight is 204 g/mol. The first-order valence-electron chi connectivity index (χ1n) is 5.05. The van der Waals surface area contributed by atoms with E-state index in [1.54, 1.807) is 0 Å². The van der Waals surface area contributed by atoms with Crippen molar-refractivity contribution in [3.05, 3.63) is 0 Å². The van der Waals surface area contributed by atoms with Crippen molar-refractivity contribution in [1.29, 1.82) is 0 Å². The van der Waals surface area contributed by atoms with Crippen molar-refractivity contribution in [3.63, 3.8) is 0 Å². The fraction of sp³-hybridized carbons (Fsp3) is 1.00. The lowest BCUT2D eigenvalue weighted by Gasteiger charge is -2.14. The highest BCUT2D eigenvalue weighted by Gasteiger charge is 2.23. The lowest BCUT2D eigenvalue weighted by molar-refractivity contribution is 0.0918. The molecule has 1 aliphatic rings. The maximum Gasteiger partial charge on any atom is 0.0666 e. The highest BCUT2D eigenvalue weighted by molar-refractivity contribution is 7.99. The Kier molecular flexibility index (Phi) is 5.14. The first kappa shape index (κ1) is 11.3. The molecule has 1 fully saturated rings. The van der Waals surface area contributed by atoms with Gasteiger partial charge in [0.1, 0.15) is 0 Å². The molecule has 2 atom stereocenters. The summed E-state index contributed by atoms with van der Waals surface area (Å²) in [5, 5.41) is 0.691. The molecule has 0 spiro atoms. The van der Waals surface area contributed by atoms with Crippen LogP contribution >= 0.6 is 11.8 Å². The average Bonchev–Trinajstić information content (AvgIpc) is 2.45. The Hall–Kier alpha value is 0.270. The molecule has 1 saturated heterocycles. The normalized spacial score (nSPS) is 28.6. The van der Waals surface area contributed by atoms with Gasteiger partial charge in [-0.15, -0.1) is 0 Å². The molecule has 3 heteroatoms. The van der Waals surface area contributed by atoms with Crippen molar-refractivity contribution in [2.75, 3.05) is 19.0 Å². The molecular formula is C10H20O2S. The molecule has 0 amide bonds. The Labute approximate surface area is 85.4 Å². The summed E-state index contributed by atoms with van der Waals surface area (Å²) in [5.74, 6) is 1.09. The first-order valence-corrected chi connectivity index (χ1v) is 6.10. The summed E-state index contributed by atoms with van der Waals surface area (Å²) in [6.45, 7) is 8.11. The van der Waals surface area contributed by atoms with Crippen LogP contribution in [-0.4, -0.2) is 36.4 Å². The summed E-state index contributed by atoms with van der Waals surface area (Å²) < 4.78 is 11.0. The molecule has 0 aromatic rings. The van der Waals surface area contributed by atoms with Crippen LogP contribution in [0.15, 0.2) is 0 Å². The van der Waals surface area contributed by atoms with Crippen LogP contribution in [0, 0.1) is 0 Å². The van der Waals surface area contributed by atoms with E-state index in [-0.39, 0.29) is 0 Å². The van der Waals surface area contributed by atoms with Crippen LogP contribution in [0.4, 0.5) is 0 Å². The predicted octanol–water partition coefficient (Wildman–Crippen LogP) is 2.32. The van der Waals surface area contributed by atoms with E-state index in [1.807, 2.05) is 11.8 Å². The van der Waals surface area contributed by atoms with Crippen molar-refractivity contribution in [1.82, 2.24) is 0 Å². The lowest BCUT2D eigenvalue weighted by atomic mass is 10.3. The Bertz CT molecular complexity index is 139. The van der Waals surface area contributed by atoms with E-state index in [0.29, 0.717) is 17.5 Å².